The molecule has 0 fully saturated rings. The van der Waals surface area contributed by atoms with Gasteiger partial charge in [0.2, 0.25) is 5.91 Å². The third-order valence-corrected chi connectivity index (χ3v) is 5.36. The maximum atomic E-state index is 13.0. The summed E-state index contributed by atoms with van der Waals surface area (Å²) in [6.07, 6.45) is 0. The summed E-state index contributed by atoms with van der Waals surface area (Å²) in [6.45, 7) is 4.89. The number of benzene rings is 2. The lowest BCUT2D eigenvalue weighted by Gasteiger charge is -2.14. The molecule has 0 spiro atoms. The Hall–Kier alpha value is -2.71. The van der Waals surface area contributed by atoms with Gasteiger partial charge in [-0.05, 0) is 44.2 Å². The fourth-order valence-corrected chi connectivity index (χ4v) is 3.62. The Kier molecular flexibility index (Phi) is 7.00. The lowest BCUT2D eigenvalue weighted by molar-refractivity contribution is -0.115. The first-order chi connectivity index (χ1) is 14.0. The second-order valence-corrected chi connectivity index (χ2v) is 7.88. The maximum absolute atomic E-state index is 13.0. The van der Waals surface area contributed by atoms with E-state index in [-0.39, 0.29) is 11.7 Å². The molecule has 8 heteroatoms. The molecule has 1 N–H and O–H groups in total. The molecule has 1 amide bonds. The molecular formula is C21H23FN4O2S. The number of methoxy groups -OCH3 is 1. The number of amides is 1. The van der Waals surface area contributed by atoms with Gasteiger partial charge in [0.25, 0.3) is 0 Å². The van der Waals surface area contributed by atoms with E-state index in [0.29, 0.717) is 24.0 Å². The Balaban J connectivity index is 1.78. The Labute approximate surface area is 173 Å². The fraction of sp³-hybridized carbons (Fsp3) is 0.286. The SMILES string of the molecule is COCCn1c(S[C@@H](C)C(=O)Nc2ccc(F)cc2)nnc1-c1cccc(C)c1. The van der Waals surface area contributed by atoms with Crippen molar-refractivity contribution in [3.63, 3.8) is 0 Å². The minimum absolute atomic E-state index is 0.194. The summed E-state index contributed by atoms with van der Waals surface area (Å²) in [5, 5.41) is 11.7. The summed E-state index contributed by atoms with van der Waals surface area (Å²) in [5.74, 6) is 0.194. The van der Waals surface area contributed by atoms with Crippen molar-refractivity contribution in [2.24, 2.45) is 0 Å². The van der Waals surface area contributed by atoms with Gasteiger partial charge in [-0.25, -0.2) is 4.39 Å². The number of carbonyl (C=O) groups is 1. The zero-order valence-electron chi connectivity index (χ0n) is 16.6. The molecule has 0 bridgehead atoms. The molecule has 3 rings (SSSR count). The minimum atomic E-state index is -0.420. The van der Waals surface area contributed by atoms with Crippen molar-refractivity contribution in [3.8, 4) is 11.4 Å². The van der Waals surface area contributed by atoms with Gasteiger partial charge in [-0.1, -0.05) is 35.5 Å². The van der Waals surface area contributed by atoms with Crippen molar-refractivity contribution in [3.05, 3.63) is 59.9 Å². The van der Waals surface area contributed by atoms with Gasteiger partial charge in [-0.2, -0.15) is 0 Å². The largest absolute Gasteiger partial charge is 0.383 e. The third kappa shape index (κ3) is 5.42. The lowest BCUT2D eigenvalue weighted by atomic mass is 10.1. The number of ether oxygens (including phenoxy) is 1. The topological polar surface area (TPSA) is 69.0 Å². The first-order valence-electron chi connectivity index (χ1n) is 9.20. The Morgan fingerprint density at radius 1 is 1.24 bits per heavy atom. The van der Waals surface area contributed by atoms with Crippen LogP contribution in [0.15, 0.2) is 53.7 Å². The number of hydrogen-bond donors (Lipinski definition) is 1. The predicted octanol–water partition coefficient (Wildman–Crippen LogP) is 4.16. The molecule has 0 aliphatic carbocycles. The van der Waals surface area contributed by atoms with E-state index in [1.54, 1.807) is 14.0 Å². The van der Waals surface area contributed by atoms with Crippen LogP contribution < -0.4 is 5.32 Å². The lowest BCUT2D eigenvalue weighted by Crippen LogP contribution is -2.23. The molecule has 3 aromatic rings. The highest BCUT2D eigenvalue weighted by molar-refractivity contribution is 8.00. The Morgan fingerprint density at radius 2 is 2.00 bits per heavy atom. The molecule has 1 heterocycles. The van der Waals surface area contributed by atoms with Crippen LogP contribution in [0.1, 0.15) is 12.5 Å². The van der Waals surface area contributed by atoms with Gasteiger partial charge in [0.1, 0.15) is 5.82 Å². The van der Waals surface area contributed by atoms with E-state index in [2.05, 4.69) is 15.5 Å². The molecule has 0 unspecified atom stereocenters. The van der Waals surface area contributed by atoms with Gasteiger partial charge in [0, 0.05) is 18.4 Å². The number of hydrogen-bond acceptors (Lipinski definition) is 5. The highest BCUT2D eigenvalue weighted by Crippen LogP contribution is 2.28. The van der Waals surface area contributed by atoms with Crippen molar-refractivity contribution in [1.29, 1.82) is 0 Å². The Bertz CT molecular complexity index is 975. The van der Waals surface area contributed by atoms with Crippen LogP contribution in [0.5, 0.6) is 0 Å². The summed E-state index contributed by atoms with van der Waals surface area (Å²) >= 11 is 1.32. The van der Waals surface area contributed by atoms with Gasteiger partial charge >= 0.3 is 0 Å². The van der Waals surface area contributed by atoms with Crippen LogP contribution >= 0.6 is 11.8 Å². The quantitative estimate of drug-likeness (QED) is 0.561. The van der Waals surface area contributed by atoms with E-state index in [0.717, 1.165) is 17.0 Å². The molecule has 2 aromatic carbocycles. The summed E-state index contributed by atoms with van der Waals surface area (Å²) in [4.78, 5) is 12.5. The first kappa shape index (κ1) is 21.0. The van der Waals surface area contributed by atoms with E-state index in [4.69, 9.17) is 4.74 Å². The van der Waals surface area contributed by atoms with E-state index in [1.165, 1.54) is 36.0 Å². The normalized spacial score (nSPS) is 12.0. The van der Waals surface area contributed by atoms with Crippen LogP contribution in [0.4, 0.5) is 10.1 Å². The number of rotatable bonds is 8. The van der Waals surface area contributed by atoms with Crippen LogP contribution in [0, 0.1) is 12.7 Å². The van der Waals surface area contributed by atoms with E-state index < -0.39 is 5.25 Å². The van der Waals surface area contributed by atoms with E-state index >= 15 is 0 Å². The molecule has 29 heavy (non-hydrogen) atoms. The fourth-order valence-electron chi connectivity index (χ4n) is 2.75. The van der Waals surface area contributed by atoms with Crippen molar-refractivity contribution in [1.82, 2.24) is 14.8 Å². The van der Waals surface area contributed by atoms with Crippen molar-refractivity contribution >= 4 is 23.4 Å². The zero-order valence-corrected chi connectivity index (χ0v) is 17.4. The van der Waals surface area contributed by atoms with Crippen LogP contribution in [-0.4, -0.2) is 39.6 Å². The van der Waals surface area contributed by atoms with Crippen molar-refractivity contribution in [2.45, 2.75) is 30.8 Å². The predicted molar refractivity (Wildman–Crippen MR) is 112 cm³/mol. The van der Waals surface area contributed by atoms with Gasteiger partial charge in [-0.3, -0.25) is 9.36 Å². The molecule has 152 valence electrons. The van der Waals surface area contributed by atoms with Crippen molar-refractivity contribution < 1.29 is 13.9 Å². The first-order valence-corrected chi connectivity index (χ1v) is 10.1. The van der Waals surface area contributed by atoms with E-state index in [1.807, 2.05) is 35.8 Å². The number of anilines is 1. The highest BCUT2D eigenvalue weighted by atomic mass is 32.2. The number of aromatic nitrogens is 3. The standard InChI is InChI=1S/C21H23FN4O2S/c1-14-5-4-6-16(13-14)19-24-25-21(26(19)11-12-28-3)29-15(2)20(27)23-18-9-7-17(22)8-10-18/h4-10,13,15H,11-12H2,1-3H3,(H,23,27)/t15-/m0/s1. The number of nitrogens with zero attached hydrogens (tertiary/aromatic N) is 3. The number of carbonyl (C=O) groups excluding carboxylic acids is 1. The summed E-state index contributed by atoms with van der Waals surface area (Å²) in [5.41, 5.74) is 2.64. The molecular weight excluding hydrogens is 391 g/mol. The van der Waals surface area contributed by atoms with Crippen LogP contribution in [0.2, 0.25) is 0 Å². The maximum Gasteiger partial charge on any atom is 0.237 e. The second kappa shape index (κ2) is 9.67. The molecule has 6 nitrogen and oxygen atoms in total. The average Bonchev–Trinajstić information content (AvgIpc) is 3.10. The van der Waals surface area contributed by atoms with Gasteiger partial charge in [-0.15, -0.1) is 10.2 Å². The van der Waals surface area contributed by atoms with E-state index in [9.17, 15) is 9.18 Å². The summed E-state index contributed by atoms with van der Waals surface area (Å²) in [6, 6.07) is 13.7. The van der Waals surface area contributed by atoms with Gasteiger partial charge < -0.3 is 10.1 Å². The number of halogens is 1. The van der Waals surface area contributed by atoms with Crippen LogP contribution in [-0.2, 0) is 16.1 Å². The summed E-state index contributed by atoms with van der Waals surface area (Å²) in [7, 11) is 1.64. The van der Waals surface area contributed by atoms with Crippen LogP contribution in [0.3, 0.4) is 0 Å². The number of nitrogens with one attached hydrogen (secondary N) is 1. The third-order valence-electron chi connectivity index (χ3n) is 4.28. The summed E-state index contributed by atoms with van der Waals surface area (Å²) < 4.78 is 20.2. The van der Waals surface area contributed by atoms with Crippen LogP contribution in [0.25, 0.3) is 11.4 Å². The number of thioether (sulfide) groups is 1. The highest BCUT2D eigenvalue weighted by Gasteiger charge is 2.21. The monoisotopic (exact) mass is 414 g/mol. The zero-order chi connectivity index (χ0) is 20.8. The molecule has 1 aromatic heterocycles. The molecule has 0 aliphatic heterocycles. The smallest absolute Gasteiger partial charge is 0.237 e. The van der Waals surface area contributed by atoms with Gasteiger partial charge in [0.15, 0.2) is 11.0 Å². The molecule has 0 radical (unpaired) electrons. The minimum Gasteiger partial charge on any atom is -0.383 e. The van der Waals surface area contributed by atoms with Gasteiger partial charge in [0.05, 0.1) is 18.4 Å². The molecule has 0 aliphatic rings. The number of aryl methyl sites for hydroxylation is 1. The molecule has 0 saturated carbocycles. The Morgan fingerprint density at radius 3 is 2.69 bits per heavy atom. The molecule has 0 saturated heterocycles. The average molecular weight is 415 g/mol. The second-order valence-electron chi connectivity index (χ2n) is 6.58. The van der Waals surface area contributed by atoms with Crippen molar-refractivity contribution in [2.75, 3.05) is 19.0 Å². The molecule has 1 atom stereocenters.